The summed E-state index contributed by atoms with van der Waals surface area (Å²) >= 11 is 0. The van der Waals surface area contributed by atoms with E-state index in [0.29, 0.717) is 5.82 Å². The highest BCUT2D eigenvalue weighted by atomic mass is 16.3. The van der Waals surface area contributed by atoms with E-state index in [0.717, 1.165) is 0 Å². The van der Waals surface area contributed by atoms with Crippen molar-refractivity contribution < 1.29 is 5.11 Å². The zero-order valence-electron chi connectivity index (χ0n) is 7.22. The third-order valence-corrected chi connectivity index (χ3v) is 1.55. The van der Waals surface area contributed by atoms with Crippen molar-refractivity contribution in [1.29, 1.82) is 0 Å². The monoisotopic (exact) mass is 178 g/mol. The van der Waals surface area contributed by atoms with Crippen molar-refractivity contribution in [3.63, 3.8) is 0 Å². The molecular formula is C9H12N3O. The highest BCUT2D eigenvalue weighted by Crippen LogP contribution is 2.10. The number of nitrogens with zero attached hydrogens (tertiary/aromatic N) is 2. The normalized spacial score (nSPS) is 14.8. The van der Waals surface area contributed by atoms with Gasteiger partial charge >= 0.3 is 0 Å². The number of aliphatic hydroxyl groups is 1. The van der Waals surface area contributed by atoms with Crippen molar-refractivity contribution in [2.75, 3.05) is 0 Å². The van der Waals surface area contributed by atoms with Crippen LogP contribution in [0.5, 0.6) is 0 Å². The third-order valence-electron chi connectivity index (χ3n) is 1.55. The molecule has 2 N–H and O–H groups in total. The van der Waals surface area contributed by atoms with Crippen molar-refractivity contribution in [2.45, 2.75) is 12.3 Å². The Labute approximate surface area is 77.0 Å². The predicted octanol–water partition coefficient (Wildman–Crippen LogP) is 0.746. The van der Waals surface area contributed by atoms with Crippen molar-refractivity contribution in [1.82, 2.24) is 15.3 Å². The molecule has 0 spiro atoms. The highest BCUT2D eigenvalue weighted by Gasteiger charge is 2.13. The molecule has 0 amide bonds. The fraction of sp³-hybridized carbons (Fsp3) is 0.222. The van der Waals surface area contributed by atoms with Crippen LogP contribution in [-0.2, 0) is 0 Å². The molecule has 0 aliphatic carbocycles. The molecule has 0 bridgehead atoms. The van der Waals surface area contributed by atoms with Gasteiger partial charge in [-0.2, -0.15) is 5.32 Å². The summed E-state index contributed by atoms with van der Waals surface area (Å²) < 4.78 is 0. The summed E-state index contributed by atoms with van der Waals surface area (Å²) in [4.78, 5) is 6.90. The lowest BCUT2D eigenvalue weighted by molar-refractivity contribution is 0.170. The maximum absolute atomic E-state index is 9.18. The molecular weight excluding hydrogens is 166 g/mol. The second kappa shape index (κ2) is 4.59. The summed E-state index contributed by atoms with van der Waals surface area (Å²) in [5, 5.41) is 13.2. The number of rotatable bonds is 5. The Bertz CT molecular complexity index is 268. The van der Waals surface area contributed by atoms with Crippen LogP contribution in [0.25, 0.3) is 0 Å². The fourth-order valence-corrected chi connectivity index (χ4v) is 0.908. The van der Waals surface area contributed by atoms with E-state index in [1.54, 1.807) is 18.5 Å². The van der Waals surface area contributed by atoms with E-state index in [9.17, 15) is 5.11 Å². The predicted molar refractivity (Wildman–Crippen MR) is 49.9 cm³/mol. The highest BCUT2D eigenvalue weighted by molar-refractivity contribution is 5.04. The van der Waals surface area contributed by atoms with Crippen molar-refractivity contribution >= 4 is 0 Å². The maximum Gasteiger partial charge on any atom is 0.140 e. The zero-order valence-corrected chi connectivity index (χ0v) is 7.22. The number of hydrogen-bond acceptors (Lipinski definition) is 2. The van der Waals surface area contributed by atoms with Gasteiger partial charge in [0, 0.05) is 12.4 Å². The van der Waals surface area contributed by atoms with E-state index in [-0.39, 0.29) is 6.04 Å². The first kappa shape index (κ1) is 9.70. The second-order valence-electron chi connectivity index (χ2n) is 2.45. The molecule has 1 aromatic heterocycles. The van der Waals surface area contributed by atoms with E-state index in [2.05, 4.69) is 28.4 Å². The molecule has 0 aliphatic rings. The topological polar surface area (TPSA) is 63.0 Å². The zero-order chi connectivity index (χ0) is 9.68. The SMILES string of the molecule is C=CC(O)[N]C(C=C)c1ncc[nH]1. The molecule has 1 radical (unpaired) electrons. The third kappa shape index (κ3) is 2.54. The molecule has 2 unspecified atom stereocenters. The van der Waals surface area contributed by atoms with Gasteiger partial charge in [0.2, 0.25) is 0 Å². The molecule has 0 aliphatic heterocycles. The van der Waals surface area contributed by atoms with Crippen LogP contribution in [0.1, 0.15) is 11.9 Å². The van der Waals surface area contributed by atoms with E-state index in [1.165, 1.54) is 6.08 Å². The average molecular weight is 178 g/mol. The van der Waals surface area contributed by atoms with E-state index >= 15 is 0 Å². The summed E-state index contributed by atoms with van der Waals surface area (Å²) in [6.45, 7) is 7.03. The number of imidazole rings is 1. The maximum atomic E-state index is 9.18. The molecule has 69 valence electrons. The first-order chi connectivity index (χ1) is 6.27. The molecule has 2 atom stereocenters. The minimum Gasteiger partial charge on any atom is -0.373 e. The van der Waals surface area contributed by atoms with Crippen LogP contribution in [0.15, 0.2) is 37.7 Å². The molecule has 0 saturated carbocycles. The van der Waals surface area contributed by atoms with Crippen LogP contribution in [0.4, 0.5) is 0 Å². The number of nitrogens with one attached hydrogen (secondary N) is 1. The summed E-state index contributed by atoms with van der Waals surface area (Å²) in [6, 6.07) is -0.317. The Kier molecular flexibility index (Phi) is 3.42. The summed E-state index contributed by atoms with van der Waals surface area (Å²) in [7, 11) is 0. The van der Waals surface area contributed by atoms with Gasteiger partial charge < -0.3 is 10.1 Å². The Morgan fingerprint density at radius 1 is 1.54 bits per heavy atom. The first-order valence-corrected chi connectivity index (χ1v) is 3.90. The molecule has 0 fully saturated rings. The number of aromatic amines is 1. The molecule has 4 heteroatoms. The first-order valence-electron chi connectivity index (χ1n) is 3.90. The van der Waals surface area contributed by atoms with E-state index in [4.69, 9.17) is 0 Å². The van der Waals surface area contributed by atoms with Crippen LogP contribution in [0, 0.1) is 0 Å². The number of aliphatic hydroxyl groups excluding tert-OH is 1. The fourth-order valence-electron chi connectivity index (χ4n) is 0.908. The number of H-pyrrole nitrogens is 1. The second-order valence-corrected chi connectivity index (χ2v) is 2.45. The molecule has 13 heavy (non-hydrogen) atoms. The summed E-state index contributed by atoms with van der Waals surface area (Å²) in [5.41, 5.74) is 0. The van der Waals surface area contributed by atoms with Crippen LogP contribution >= 0.6 is 0 Å². The summed E-state index contributed by atoms with van der Waals surface area (Å²) in [6.07, 6.45) is 5.39. The number of aromatic nitrogens is 2. The lowest BCUT2D eigenvalue weighted by Gasteiger charge is -2.12. The Balaban J connectivity index is 2.63. The van der Waals surface area contributed by atoms with Gasteiger partial charge in [-0.05, 0) is 6.08 Å². The van der Waals surface area contributed by atoms with Gasteiger partial charge in [-0.15, -0.1) is 6.58 Å². The molecule has 1 heterocycles. The standard InChI is InChI=1S/C9H12N3O/c1-3-7(12-8(13)4-2)9-10-5-6-11-9/h3-8,13H,1-2H2,(H,10,11). The smallest absolute Gasteiger partial charge is 0.140 e. The van der Waals surface area contributed by atoms with Gasteiger partial charge in [0.1, 0.15) is 18.1 Å². The van der Waals surface area contributed by atoms with Crippen LogP contribution in [0.3, 0.4) is 0 Å². The van der Waals surface area contributed by atoms with Gasteiger partial charge in [0.05, 0.1) is 0 Å². The lowest BCUT2D eigenvalue weighted by atomic mass is 10.2. The van der Waals surface area contributed by atoms with Crippen LogP contribution < -0.4 is 5.32 Å². The summed E-state index contributed by atoms with van der Waals surface area (Å²) in [5.74, 6) is 0.663. The van der Waals surface area contributed by atoms with Gasteiger partial charge in [-0.1, -0.05) is 12.7 Å². The largest absolute Gasteiger partial charge is 0.373 e. The number of hydrogen-bond donors (Lipinski definition) is 2. The van der Waals surface area contributed by atoms with Gasteiger partial charge in [0.25, 0.3) is 0 Å². The molecule has 0 saturated heterocycles. The van der Waals surface area contributed by atoms with Crippen LogP contribution in [0.2, 0.25) is 0 Å². The lowest BCUT2D eigenvalue weighted by Crippen LogP contribution is -2.23. The van der Waals surface area contributed by atoms with Gasteiger partial charge in [-0.25, -0.2) is 4.98 Å². The Morgan fingerprint density at radius 2 is 2.31 bits per heavy atom. The molecule has 1 aromatic rings. The van der Waals surface area contributed by atoms with E-state index < -0.39 is 6.23 Å². The molecule has 1 rings (SSSR count). The van der Waals surface area contributed by atoms with E-state index in [1.807, 2.05) is 0 Å². The Morgan fingerprint density at radius 3 is 2.77 bits per heavy atom. The van der Waals surface area contributed by atoms with Crippen LogP contribution in [-0.4, -0.2) is 21.3 Å². The van der Waals surface area contributed by atoms with Crippen molar-refractivity contribution in [3.8, 4) is 0 Å². The quantitative estimate of drug-likeness (QED) is 0.653. The Hall–Kier alpha value is -1.39. The van der Waals surface area contributed by atoms with Gasteiger partial charge in [0.15, 0.2) is 0 Å². The van der Waals surface area contributed by atoms with Crippen molar-refractivity contribution in [3.05, 3.63) is 43.5 Å². The minimum absolute atomic E-state index is 0.317. The molecule has 0 aromatic carbocycles. The average Bonchev–Trinajstić information content (AvgIpc) is 2.66. The van der Waals surface area contributed by atoms with Gasteiger partial charge in [-0.3, -0.25) is 0 Å². The minimum atomic E-state index is -0.881. The van der Waals surface area contributed by atoms with Crippen molar-refractivity contribution in [2.24, 2.45) is 0 Å². The molecule has 4 nitrogen and oxygen atoms in total.